The number of hydrogen-bond donors (Lipinski definition) is 0. The van der Waals surface area contributed by atoms with Gasteiger partial charge in [0.2, 0.25) is 0 Å². The maximum atomic E-state index is 5.67. The van der Waals surface area contributed by atoms with Gasteiger partial charge in [0, 0.05) is 6.20 Å². The van der Waals surface area contributed by atoms with E-state index >= 15 is 0 Å². The molecule has 0 saturated carbocycles. The van der Waals surface area contributed by atoms with Crippen molar-refractivity contribution in [2.24, 2.45) is 0 Å². The summed E-state index contributed by atoms with van der Waals surface area (Å²) < 4.78 is 3.17. The molecule has 0 aromatic carbocycles. The van der Waals surface area contributed by atoms with E-state index in [9.17, 15) is 0 Å². The van der Waals surface area contributed by atoms with Crippen molar-refractivity contribution in [2.75, 3.05) is 0 Å². The Labute approximate surface area is 101 Å². The highest BCUT2D eigenvalue weighted by Crippen LogP contribution is 2.11. The van der Waals surface area contributed by atoms with E-state index < -0.39 is 0 Å². The largest absolute Gasteiger partial charge is 0.294 e. The molecule has 0 radical (unpaired) electrons. The van der Waals surface area contributed by atoms with Gasteiger partial charge in [0.15, 0.2) is 0 Å². The minimum Gasteiger partial charge on any atom is -0.294 e. The van der Waals surface area contributed by atoms with Crippen LogP contribution < -0.4 is 0 Å². The summed E-state index contributed by atoms with van der Waals surface area (Å²) in [7, 11) is 0. The second-order valence-electron chi connectivity index (χ2n) is 2.44. The van der Waals surface area contributed by atoms with Crippen LogP contribution in [0.5, 0.6) is 0 Å². The van der Waals surface area contributed by atoms with Crippen LogP contribution in [-0.4, -0.2) is 9.38 Å². The van der Waals surface area contributed by atoms with E-state index in [0.717, 1.165) is 15.0 Å². The first kappa shape index (κ1) is 11.1. The smallest absolute Gasteiger partial charge is 0.137 e. The van der Waals surface area contributed by atoms with Gasteiger partial charge in [-0.3, -0.25) is 4.40 Å². The van der Waals surface area contributed by atoms with E-state index in [-0.39, 0.29) is 12.4 Å². The minimum atomic E-state index is 0. The lowest BCUT2D eigenvalue weighted by atomic mass is 10.5. The van der Waals surface area contributed by atoms with Crippen LogP contribution in [0.15, 0.2) is 24.4 Å². The maximum Gasteiger partial charge on any atom is 0.137 e. The highest BCUT2D eigenvalue weighted by atomic mass is 127. The molecule has 0 atom stereocenters. The Morgan fingerprint density at radius 2 is 2.23 bits per heavy atom. The molecule has 2 aromatic rings. The van der Waals surface area contributed by atoms with Gasteiger partial charge in [0.25, 0.3) is 0 Å². The Morgan fingerprint density at radius 1 is 1.46 bits per heavy atom. The molecule has 0 bridgehead atoms. The molecule has 5 heteroatoms. The summed E-state index contributed by atoms with van der Waals surface area (Å²) in [5.41, 5.74) is 1.87. The summed E-state index contributed by atoms with van der Waals surface area (Å²) in [5.74, 6) is 0.470. The van der Waals surface area contributed by atoms with Crippen molar-refractivity contribution in [1.29, 1.82) is 0 Å². The fourth-order valence-electron chi connectivity index (χ4n) is 1.09. The molecule has 0 spiro atoms. The molecule has 0 fully saturated rings. The standard InChI is InChI=1S/C8H6ClIN2.ClH/c9-4-6-5-12-7(10)2-1-3-8(12)11-6;/h1-3,5H,4H2;1H. The summed E-state index contributed by atoms with van der Waals surface area (Å²) in [6.45, 7) is 0. The number of rotatable bonds is 1. The van der Waals surface area contributed by atoms with E-state index in [1.54, 1.807) is 0 Å². The lowest BCUT2D eigenvalue weighted by Crippen LogP contribution is -1.86. The molecule has 2 rings (SSSR count). The quantitative estimate of drug-likeness (QED) is 0.447. The van der Waals surface area contributed by atoms with Crippen LogP contribution in [0.25, 0.3) is 5.65 Å². The zero-order valence-electron chi connectivity index (χ0n) is 6.58. The average molecular weight is 329 g/mol. The highest BCUT2D eigenvalue weighted by molar-refractivity contribution is 14.1. The van der Waals surface area contributed by atoms with Gasteiger partial charge < -0.3 is 0 Å². The first-order chi connectivity index (χ1) is 5.81. The SMILES string of the molecule is Cl.ClCc1cn2c(I)cccc2n1. The van der Waals surface area contributed by atoms with Gasteiger partial charge in [-0.1, -0.05) is 6.07 Å². The Morgan fingerprint density at radius 3 is 2.85 bits per heavy atom. The van der Waals surface area contributed by atoms with Crippen LogP contribution in [0, 0.1) is 3.70 Å². The molecule has 0 aliphatic rings. The first-order valence-corrected chi connectivity index (χ1v) is 5.11. The maximum absolute atomic E-state index is 5.67. The zero-order chi connectivity index (χ0) is 8.55. The number of nitrogens with zero attached hydrogens (tertiary/aromatic N) is 2. The van der Waals surface area contributed by atoms with Gasteiger partial charge in [-0.15, -0.1) is 24.0 Å². The van der Waals surface area contributed by atoms with E-state index in [0.29, 0.717) is 5.88 Å². The summed E-state index contributed by atoms with van der Waals surface area (Å²) in [4.78, 5) is 4.32. The Balaban J connectivity index is 0.000000845. The van der Waals surface area contributed by atoms with Crippen LogP contribution in [0.2, 0.25) is 0 Å². The molecular formula is C8H7Cl2IN2. The molecule has 0 N–H and O–H groups in total. The molecule has 0 amide bonds. The number of hydrogen-bond acceptors (Lipinski definition) is 1. The summed E-state index contributed by atoms with van der Waals surface area (Å²) in [5, 5.41) is 0. The van der Waals surface area contributed by atoms with Crippen molar-refractivity contribution in [1.82, 2.24) is 9.38 Å². The average Bonchev–Trinajstić information content (AvgIpc) is 2.49. The molecule has 70 valence electrons. The van der Waals surface area contributed by atoms with Crippen molar-refractivity contribution in [2.45, 2.75) is 5.88 Å². The normalized spacial score (nSPS) is 10.0. The van der Waals surface area contributed by atoms with E-state index in [1.807, 2.05) is 28.8 Å². The summed E-state index contributed by atoms with van der Waals surface area (Å²) in [6.07, 6.45) is 1.96. The fraction of sp³-hybridized carbons (Fsp3) is 0.125. The van der Waals surface area contributed by atoms with Gasteiger partial charge in [-0.25, -0.2) is 4.98 Å². The third kappa shape index (κ3) is 2.08. The van der Waals surface area contributed by atoms with Gasteiger partial charge in [0.05, 0.1) is 15.3 Å². The predicted molar refractivity (Wildman–Crippen MR) is 64.7 cm³/mol. The second kappa shape index (κ2) is 4.48. The van der Waals surface area contributed by atoms with Gasteiger partial charge in [0.1, 0.15) is 5.65 Å². The van der Waals surface area contributed by atoms with Crippen molar-refractivity contribution in [3.63, 3.8) is 0 Å². The highest BCUT2D eigenvalue weighted by Gasteiger charge is 2.01. The second-order valence-corrected chi connectivity index (χ2v) is 3.82. The Kier molecular flexibility index (Phi) is 3.82. The molecule has 13 heavy (non-hydrogen) atoms. The lowest BCUT2D eigenvalue weighted by Gasteiger charge is -1.93. The number of halogens is 3. The molecular weight excluding hydrogens is 322 g/mol. The topological polar surface area (TPSA) is 17.3 Å². The van der Waals surface area contributed by atoms with E-state index in [2.05, 4.69) is 27.6 Å². The van der Waals surface area contributed by atoms with Crippen molar-refractivity contribution >= 4 is 52.2 Å². The minimum absolute atomic E-state index is 0. The Bertz CT molecular complexity index is 413. The fourth-order valence-corrected chi connectivity index (χ4v) is 1.81. The third-order valence-corrected chi connectivity index (χ3v) is 2.78. The van der Waals surface area contributed by atoms with Gasteiger partial charge >= 0.3 is 0 Å². The van der Waals surface area contributed by atoms with Crippen LogP contribution in [0.4, 0.5) is 0 Å². The molecule has 2 aromatic heterocycles. The number of imidazole rings is 1. The van der Waals surface area contributed by atoms with Crippen molar-refractivity contribution in [3.05, 3.63) is 33.8 Å². The summed E-state index contributed by atoms with van der Waals surface area (Å²) >= 11 is 7.94. The molecule has 0 aliphatic carbocycles. The van der Waals surface area contributed by atoms with Gasteiger partial charge in [-0.05, 0) is 34.7 Å². The van der Waals surface area contributed by atoms with Crippen molar-refractivity contribution < 1.29 is 0 Å². The van der Waals surface area contributed by atoms with E-state index in [1.165, 1.54) is 0 Å². The monoisotopic (exact) mass is 328 g/mol. The molecule has 0 saturated heterocycles. The molecule has 0 aliphatic heterocycles. The van der Waals surface area contributed by atoms with Crippen LogP contribution >= 0.6 is 46.6 Å². The number of fused-ring (bicyclic) bond motifs is 1. The third-order valence-electron chi connectivity index (χ3n) is 1.63. The van der Waals surface area contributed by atoms with Crippen LogP contribution in [0.3, 0.4) is 0 Å². The Hall–Kier alpha value is -0.0000000000000000555. The predicted octanol–water partition coefficient (Wildman–Crippen LogP) is 3.10. The van der Waals surface area contributed by atoms with Crippen LogP contribution in [-0.2, 0) is 5.88 Å². The number of aromatic nitrogens is 2. The molecule has 2 heterocycles. The molecule has 0 unspecified atom stereocenters. The number of pyridine rings is 1. The molecule has 2 nitrogen and oxygen atoms in total. The van der Waals surface area contributed by atoms with Crippen LogP contribution in [0.1, 0.15) is 5.69 Å². The van der Waals surface area contributed by atoms with E-state index in [4.69, 9.17) is 11.6 Å². The van der Waals surface area contributed by atoms with Gasteiger partial charge in [-0.2, -0.15) is 0 Å². The zero-order valence-corrected chi connectivity index (χ0v) is 10.3. The number of alkyl halides is 1. The first-order valence-electron chi connectivity index (χ1n) is 3.50. The van der Waals surface area contributed by atoms with Crippen molar-refractivity contribution in [3.8, 4) is 0 Å². The lowest BCUT2D eigenvalue weighted by molar-refractivity contribution is 1.14. The summed E-state index contributed by atoms with van der Waals surface area (Å²) in [6, 6.07) is 5.99.